The van der Waals surface area contributed by atoms with Gasteiger partial charge in [-0.2, -0.15) is 0 Å². The molecule has 62 heavy (non-hydrogen) atoms. The minimum absolute atomic E-state index is 0. The Morgan fingerprint density at radius 1 is 0.516 bits per heavy atom. The van der Waals surface area contributed by atoms with E-state index < -0.39 is 72.1 Å². The summed E-state index contributed by atoms with van der Waals surface area (Å²) >= 11 is -4.21. The van der Waals surface area contributed by atoms with Gasteiger partial charge in [-0.3, -0.25) is 0 Å². The summed E-state index contributed by atoms with van der Waals surface area (Å²) in [5, 5.41) is 1.96. The smallest absolute Gasteiger partial charge is 0.142 e. The van der Waals surface area contributed by atoms with Crippen molar-refractivity contribution in [2.45, 2.75) is 9.79 Å². The molecule has 4 aliphatic rings. The van der Waals surface area contributed by atoms with Crippen LogP contribution in [0.15, 0.2) is 113 Å². The first-order valence-electron chi connectivity index (χ1n) is 15.7. The predicted molar refractivity (Wildman–Crippen MR) is 200 cm³/mol. The molecule has 0 radical (unpaired) electrons. The van der Waals surface area contributed by atoms with Crippen LogP contribution in [-0.4, -0.2) is 100 Å². The fourth-order valence-corrected chi connectivity index (χ4v) is 15.3. The summed E-state index contributed by atoms with van der Waals surface area (Å²) in [5.41, 5.74) is 2.79. The number of nitrogens with zero attached hydrogens (tertiary/aromatic N) is 8. The van der Waals surface area contributed by atoms with Crippen molar-refractivity contribution in [1.82, 2.24) is 5.11 Å². The Morgan fingerprint density at radius 3 is 1.60 bits per heavy atom. The molecule has 0 saturated heterocycles. The Labute approximate surface area is 452 Å². The topological polar surface area (TPSA) is 301 Å². The molecule has 2 aromatic heterocycles. The SMILES string of the molecule is O=S(=O)([O-])c1ccc2c(c1)C1=Nc3c4ccc(S(=O)(=O)[O-])cc4c4[n]3[In]([Cl])[n]3c(c5c[c-]ccc5c3=NC3=NC(=N4)c4cc[c-]cc43)=NC2=N1.O=S(=O)=O.O=S(=O)=O.[Na+].[Na+].[Na+].[Na+]. The molecule has 0 aliphatic carbocycles. The van der Waals surface area contributed by atoms with Crippen molar-refractivity contribution in [2.75, 3.05) is 0 Å². The third-order valence-electron chi connectivity index (χ3n) is 8.82. The Bertz CT molecular complexity index is 3610. The number of rotatable bonds is 2. The zero-order chi connectivity index (χ0) is 41.4. The molecule has 10 rings (SSSR count). The summed E-state index contributed by atoms with van der Waals surface area (Å²) in [6.45, 7) is 0. The maximum absolute atomic E-state index is 12.3. The van der Waals surface area contributed by atoms with Gasteiger partial charge in [0.2, 0.25) is 0 Å². The van der Waals surface area contributed by atoms with Gasteiger partial charge in [-0.25, -0.2) is 0 Å². The molecule has 0 amide bonds. The van der Waals surface area contributed by atoms with Crippen molar-refractivity contribution in [3.8, 4) is 0 Å². The van der Waals surface area contributed by atoms with E-state index in [9.17, 15) is 25.9 Å². The second-order valence-corrected chi connectivity index (χ2v) is 22.9. The van der Waals surface area contributed by atoms with E-state index in [1.165, 1.54) is 36.4 Å². The van der Waals surface area contributed by atoms with Crippen LogP contribution >= 0.6 is 8.58 Å². The fourth-order valence-electron chi connectivity index (χ4n) is 6.62. The zero-order valence-electron chi connectivity index (χ0n) is 32.0. The van der Waals surface area contributed by atoms with Crippen molar-refractivity contribution in [3.05, 3.63) is 118 Å². The van der Waals surface area contributed by atoms with Gasteiger partial charge in [0.15, 0.2) is 0 Å². The predicted octanol–water partition coefficient (Wildman–Crippen LogP) is -11.4. The van der Waals surface area contributed by atoms with Crippen LogP contribution in [0, 0.1) is 12.1 Å². The number of hydrogen-bond donors (Lipinski definition) is 0. The normalized spacial score (nSPS) is 13.5. The molecule has 6 bridgehead atoms. The van der Waals surface area contributed by atoms with Gasteiger partial charge in [-0.15, -0.1) is 25.3 Å². The quantitative estimate of drug-likeness (QED) is 0.0888. The van der Waals surface area contributed by atoms with Crippen LogP contribution in [0.4, 0.5) is 11.6 Å². The van der Waals surface area contributed by atoms with Crippen LogP contribution in [0.5, 0.6) is 0 Å². The van der Waals surface area contributed by atoms with Crippen molar-refractivity contribution in [2.24, 2.45) is 30.0 Å². The molecule has 0 atom stereocenters. The first-order valence-corrected chi connectivity index (χ1v) is 27.6. The molecule has 6 heterocycles. The largest absolute Gasteiger partial charge is 1.00 e. The molecule has 4 aliphatic heterocycles. The Hall–Kier alpha value is -1.54. The van der Waals surface area contributed by atoms with Gasteiger partial charge < -0.3 is 0 Å². The molecule has 0 unspecified atom stereocenters. The number of hydrogen-bond acceptors (Lipinski definition) is 18. The zero-order valence-corrected chi connectivity index (χ0v) is 47.3. The van der Waals surface area contributed by atoms with Crippen LogP contribution in [-0.2, 0) is 41.5 Å². The summed E-state index contributed by atoms with van der Waals surface area (Å²) in [4.78, 5) is 28.5. The van der Waals surface area contributed by atoms with Crippen molar-refractivity contribution < 1.29 is 169 Å². The van der Waals surface area contributed by atoms with Gasteiger partial charge in [-0.05, 0) is 0 Å². The number of aliphatic imine (C=N–C) groups is 4. The molecule has 0 spiro atoms. The molecule has 20 nitrogen and oxygen atoms in total. The molecular formula is C32H12ClInN8Na4O12S4. The third kappa shape index (κ3) is 10.1. The third-order valence-corrected chi connectivity index (χ3v) is 18.3. The van der Waals surface area contributed by atoms with E-state index in [2.05, 4.69) is 12.1 Å². The standard InChI is InChI=1S/C32H14N8O6S2.ClH.In.4Na.2O3S/c41-47(42,43)15-9-11-21-23(13-15)32-38-29(21)36-27-18-6-2-1-5-17(18)25(34-27)33-26-19-7-3-4-8-20(19)28(35-26)37-31-24-14-16(48(44,45)46)10-12-22(24)30(39-31)40-32;;;;;;;2*1-4(2)3/h1,4-14H,(H2-2,33,34,35,36,37,38,39,40,41,42,43,44,45,46);1H;;;;;;;/q-4;;+3;4*+1;;/p-3. The maximum Gasteiger partial charge on any atom is 1.00 e. The second kappa shape index (κ2) is 20.5. The van der Waals surface area contributed by atoms with Crippen LogP contribution < -0.4 is 129 Å². The minimum Gasteiger partial charge on any atom is -0.142 e. The van der Waals surface area contributed by atoms with E-state index in [1.54, 1.807) is 32.9 Å². The molecular weight excluding hydrogens is 1060 g/mol. The van der Waals surface area contributed by atoms with Gasteiger partial charge in [0, 0.05) is 0 Å². The summed E-state index contributed by atoms with van der Waals surface area (Å²) in [6.07, 6.45) is 0. The van der Waals surface area contributed by atoms with E-state index in [0.717, 1.165) is 0 Å². The van der Waals surface area contributed by atoms with E-state index in [-0.39, 0.29) is 158 Å². The van der Waals surface area contributed by atoms with Gasteiger partial charge in [-0.1, -0.05) is 0 Å². The molecule has 30 heteroatoms. The summed E-state index contributed by atoms with van der Waals surface area (Å²) in [6, 6.07) is 24.4. The Balaban J connectivity index is 0.000000653. The van der Waals surface area contributed by atoms with E-state index in [4.69, 9.17) is 63.8 Å². The monoisotopic (exact) mass is 1070 g/mol. The molecule has 6 aromatic rings. The molecule has 0 N–H and O–H groups in total. The van der Waals surface area contributed by atoms with Crippen molar-refractivity contribution in [1.29, 1.82) is 0 Å². The summed E-state index contributed by atoms with van der Waals surface area (Å²) in [7, 11) is -8.25. The summed E-state index contributed by atoms with van der Waals surface area (Å²) < 4.78 is 127. The maximum atomic E-state index is 12.3. The van der Waals surface area contributed by atoms with Crippen LogP contribution in [0.1, 0.15) is 22.3 Å². The van der Waals surface area contributed by atoms with Gasteiger partial charge in [0.05, 0.1) is 0 Å². The Kier molecular flexibility index (Phi) is 17.6. The number of amidine groups is 4. The second-order valence-electron chi connectivity index (χ2n) is 12.0. The van der Waals surface area contributed by atoms with Crippen LogP contribution in [0.3, 0.4) is 0 Å². The molecule has 4 aromatic carbocycles. The van der Waals surface area contributed by atoms with E-state index in [1.807, 2.05) is 8.62 Å². The number of halogens is 1. The fraction of sp³-hybridized carbons (Fsp3) is 0. The molecule has 290 valence electrons. The number of fused-ring (bicyclic) bond motifs is 14. The molecule has 0 fully saturated rings. The van der Waals surface area contributed by atoms with E-state index >= 15 is 0 Å². The average molecular weight is 1070 g/mol. The number of benzene rings is 4. The van der Waals surface area contributed by atoms with Crippen LogP contribution in [0.2, 0.25) is 0 Å². The first-order chi connectivity index (χ1) is 27.4. The van der Waals surface area contributed by atoms with Gasteiger partial charge >= 0.3 is 435 Å². The van der Waals surface area contributed by atoms with Gasteiger partial charge in [0.1, 0.15) is 0 Å². The number of aromatic nitrogens is 2. The van der Waals surface area contributed by atoms with Crippen molar-refractivity contribution in [3.63, 3.8) is 0 Å². The van der Waals surface area contributed by atoms with Gasteiger partial charge in [0.25, 0.3) is 0 Å². The van der Waals surface area contributed by atoms with Crippen molar-refractivity contribution >= 4 is 127 Å². The van der Waals surface area contributed by atoms with E-state index in [0.29, 0.717) is 49.7 Å². The summed E-state index contributed by atoms with van der Waals surface area (Å²) in [5.74, 6) is 1.26. The minimum atomic E-state index is -4.90. The average Bonchev–Trinajstić information content (AvgIpc) is 3.86. The Morgan fingerprint density at radius 2 is 0.984 bits per heavy atom. The first kappa shape index (κ1) is 53.1. The van der Waals surface area contributed by atoms with Crippen LogP contribution in [0.25, 0.3) is 21.5 Å². The molecule has 0 saturated carbocycles.